The molecule has 2 saturated heterocycles. The number of hydrogen-bond donors (Lipinski definition) is 1. The van der Waals surface area contributed by atoms with Crippen molar-refractivity contribution in [3.05, 3.63) is 0 Å². The van der Waals surface area contributed by atoms with Crippen LogP contribution in [0, 0.1) is 5.92 Å². The first kappa shape index (κ1) is 11.4. The van der Waals surface area contributed by atoms with Crippen molar-refractivity contribution < 1.29 is 0 Å². The second-order valence-corrected chi connectivity index (χ2v) is 5.90. The monoisotopic (exact) mass is 210 g/mol. The second-order valence-electron chi connectivity index (χ2n) is 5.90. The Labute approximate surface area is 94.2 Å². The van der Waals surface area contributed by atoms with Gasteiger partial charge in [-0.05, 0) is 38.5 Å². The van der Waals surface area contributed by atoms with Gasteiger partial charge in [0.05, 0.1) is 0 Å². The van der Waals surface area contributed by atoms with E-state index in [1.165, 1.54) is 32.1 Å². The fourth-order valence-corrected chi connectivity index (χ4v) is 3.47. The molecule has 2 N–H and O–H groups in total. The summed E-state index contributed by atoms with van der Waals surface area (Å²) in [7, 11) is 0. The minimum absolute atomic E-state index is 0.468. The molecule has 2 nitrogen and oxygen atoms in total. The third-order valence-corrected chi connectivity index (χ3v) is 4.50. The lowest BCUT2D eigenvalue weighted by Crippen LogP contribution is -2.59. The minimum atomic E-state index is 0.468. The van der Waals surface area contributed by atoms with Gasteiger partial charge in [-0.3, -0.25) is 4.90 Å². The highest BCUT2D eigenvalue weighted by Gasteiger charge is 2.39. The van der Waals surface area contributed by atoms with Crippen LogP contribution < -0.4 is 5.73 Å². The zero-order valence-corrected chi connectivity index (χ0v) is 10.4. The van der Waals surface area contributed by atoms with Gasteiger partial charge >= 0.3 is 0 Å². The highest BCUT2D eigenvalue weighted by molar-refractivity contribution is 4.96. The van der Waals surface area contributed by atoms with Crippen molar-refractivity contribution in [1.82, 2.24) is 4.90 Å². The van der Waals surface area contributed by atoms with Gasteiger partial charge in [-0.2, -0.15) is 0 Å². The Bertz CT molecular complexity index is 201. The number of hydrogen-bond acceptors (Lipinski definition) is 2. The lowest BCUT2D eigenvalue weighted by molar-refractivity contribution is -0.0139. The molecule has 88 valence electrons. The fourth-order valence-electron chi connectivity index (χ4n) is 3.47. The van der Waals surface area contributed by atoms with E-state index in [1.807, 2.05) is 0 Å². The van der Waals surface area contributed by atoms with Crippen LogP contribution in [0.25, 0.3) is 0 Å². The molecule has 0 aliphatic carbocycles. The van der Waals surface area contributed by atoms with Crippen LogP contribution in [0.3, 0.4) is 0 Å². The van der Waals surface area contributed by atoms with Crippen LogP contribution >= 0.6 is 0 Å². The Morgan fingerprint density at radius 1 is 1.07 bits per heavy atom. The van der Waals surface area contributed by atoms with Crippen molar-refractivity contribution in [3.63, 3.8) is 0 Å². The predicted octanol–water partition coefficient (Wildman–Crippen LogP) is 2.38. The van der Waals surface area contributed by atoms with Gasteiger partial charge in [0, 0.05) is 24.2 Å². The molecule has 0 aromatic rings. The Kier molecular flexibility index (Phi) is 3.36. The molecule has 2 heterocycles. The van der Waals surface area contributed by atoms with Crippen LogP contribution in [0.15, 0.2) is 0 Å². The van der Waals surface area contributed by atoms with Gasteiger partial charge in [0.2, 0.25) is 0 Å². The summed E-state index contributed by atoms with van der Waals surface area (Å²) in [4.78, 5) is 2.79. The lowest BCUT2D eigenvalue weighted by atomic mass is 9.80. The highest BCUT2D eigenvalue weighted by atomic mass is 15.2. The average molecular weight is 210 g/mol. The molecule has 3 atom stereocenters. The van der Waals surface area contributed by atoms with E-state index in [1.54, 1.807) is 0 Å². The van der Waals surface area contributed by atoms with E-state index < -0.39 is 0 Å². The summed E-state index contributed by atoms with van der Waals surface area (Å²) in [5, 5.41) is 0. The van der Waals surface area contributed by atoms with Crippen LogP contribution in [0.1, 0.15) is 52.9 Å². The van der Waals surface area contributed by atoms with Crippen LogP contribution in [-0.4, -0.2) is 29.1 Å². The topological polar surface area (TPSA) is 29.3 Å². The first-order valence-corrected chi connectivity index (χ1v) is 6.62. The first-order chi connectivity index (χ1) is 7.09. The largest absolute Gasteiger partial charge is 0.328 e. The van der Waals surface area contributed by atoms with Crippen molar-refractivity contribution in [3.8, 4) is 0 Å². The molecule has 0 spiro atoms. The van der Waals surface area contributed by atoms with Gasteiger partial charge in [-0.1, -0.05) is 20.3 Å². The fraction of sp³-hybridized carbons (Fsp3) is 1.00. The third-order valence-electron chi connectivity index (χ3n) is 4.50. The van der Waals surface area contributed by atoms with Gasteiger partial charge in [-0.25, -0.2) is 0 Å². The molecule has 0 saturated carbocycles. The van der Waals surface area contributed by atoms with E-state index in [9.17, 15) is 0 Å². The van der Waals surface area contributed by atoms with Crippen molar-refractivity contribution in [2.75, 3.05) is 0 Å². The Morgan fingerprint density at radius 3 is 2.07 bits per heavy atom. The van der Waals surface area contributed by atoms with E-state index in [0.29, 0.717) is 6.04 Å². The van der Waals surface area contributed by atoms with Crippen molar-refractivity contribution >= 4 is 0 Å². The van der Waals surface area contributed by atoms with Crippen LogP contribution in [0.2, 0.25) is 0 Å². The van der Waals surface area contributed by atoms with Crippen molar-refractivity contribution in [2.24, 2.45) is 11.7 Å². The van der Waals surface area contributed by atoms with Crippen LogP contribution in [-0.2, 0) is 0 Å². The van der Waals surface area contributed by atoms with Gasteiger partial charge in [-0.15, -0.1) is 0 Å². The summed E-state index contributed by atoms with van der Waals surface area (Å²) in [5.74, 6) is 0.766. The maximum atomic E-state index is 6.14. The summed E-state index contributed by atoms with van der Waals surface area (Å²) in [6, 6.07) is 2.76. The minimum Gasteiger partial charge on any atom is -0.328 e. The quantitative estimate of drug-likeness (QED) is 0.758. The zero-order chi connectivity index (χ0) is 11.0. The molecule has 2 fully saturated rings. The number of rotatable bonds is 2. The van der Waals surface area contributed by atoms with Crippen LogP contribution in [0.5, 0.6) is 0 Å². The van der Waals surface area contributed by atoms with Crippen molar-refractivity contribution in [1.29, 1.82) is 0 Å². The number of piperidine rings is 2. The number of nitrogens with two attached hydrogens (primary N) is 1. The smallest absolute Gasteiger partial charge is 0.0116 e. The molecule has 2 rings (SSSR count). The molecule has 2 heteroatoms. The van der Waals surface area contributed by atoms with Gasteiger partial charge in [0.1, 0.15) is 0 Å². The summed E-state index contributed by atoms with van der Waals surface area (Å²) in [6.07, 6.45) is 6.63. The lowest BCUT2D eigenvalue weighted by Gasteiger charge is -2.52. The molecule has 2 bridgehead atoms. The highest BCUT2D eigenvalue weighted by Crippen LogP contribution is 2.36. The second kappa shape index (κ2) is 4.42. The summed E-state index contributed by atoms with van der Waals surface area (Å²) in [6.45, 7) is 7.08. The third kappa shape index (κ3) is 2.21. The van der Waals surface area contributed by atoms with Gasteiger partial charge in [0.15, 0.2) is 0 Å². The summed E-state index contributed by atoms with van der Waals surface area (Å²) >= 11 is 0. The van der Waals surface area contributed by atoms with Gasteiger partial charge in [0.25, 0.3) is 0 Å². The maximum Gasteiger partial charge on any atom is 0.0116 e. The normalized spacial score (nSPS) is 39.4. The zero-order valence-electron chi connectivity index (χ0n) is 10.4. The van der Waals surface area contributed by atoms with E-state index >= 15 is 0 Å². The Morgan fingerprint density at radius 2 is 1.60 bits per heavy atom. The standard InChI is InChI=1S/C13H26N2/c1-9(2)10(3)15-12-5-4-6-13(15)8-11(14)7-12/h9-13H,4-8,14H2,1-3H3. The molecule has 2 aliphatic rings. The molecular weight excluding hydrogens is 184 g/mol. The first-order valence-electron chi connectivity index (χ1n) is 6.62. The SMILES string of the molecule is CC(C)C(C)N1C2CCCC1CC(N)C2. The summed E-state index contributed by atoms with van der Waals surface area (Å²) in [5.41, 5.74) is 6.14. The predicted molar refractivity (Wildman–Crippen MR) is 64.8 cm³/mol. The molecule has 0 aromatic heterocycles. The Hall–Kier alpha value is -0.0800. The number of nitrogens with zero attached hydrogens (tertiary/aromatic N) is 1. The molecule has 3 unspecified atom stereocenters. The van der Waals surface area contributed by atoms with E-state index in [2.05, 4.69) is 25.7 Å². The van der Waals surface area contributed by atoms with E-state index in [-0.39, 0.29) is 0 Å². The molecule has 0 aromatic carbocycles. The van der Waals surface area contributed by atoms with Gasteiger partial charge < -0.3 is 5.73 Å². The van der Waals surface area contributed by atoms with E-state index in [4.69, 9.17) is 5.73 Å². The molecule has 2 aliphatic heterocycles. The van der Waals surface area contributed by atoms with Crippen molar-refractivity contribution in [2.45, 2.75) is 77.0 Å². The van der Waals surface area contributed by atoms with E-state index in [0.717, 1.165) is 24.0 Å². The molecular formula is C13H26N2. The molecule has 15 heavy (non-hydrogen) atoms. The van der Waals surface area contributed by atoms with Crippen LogP contribution in [0.4, 0.5) is 0 Å². The summed E-state index contributed by atoms with van der Waals surface area (Å²) < 4.78 is 0. The molecule has 0 radical (unpaired) electrons. The number of fused-ring (bicyclic) bond motifs is 2. The maximum absolute atomic E-state index is 6.14. The Balaban J connectivity index is 2.10. The molecule has 0 amide bonds. The average Bonchev–Trinajstić information content (AvgIpc) is 2.15.